The van der Waals surface area contributed by atoms with E-state index in [4.69, 9.17) is 0 Å². The lowest BCUT2D eigenvalue weighted by molar-refractivity contribution is -0.120. The first-order valence-electron chi connectivity index (χ1n) is 7.57. The first-order chi connectivity index (χ1) is 12.2. The summed E-state index contributed by atoms with van der Waals surface area (Å²) in [7, 11) is 0. The van der Waals surface area contributed by atoms with Gasteiger partial charge in [-0.25, -0.2) is 24.6 Å². The lowest BCUT2D eigenvalue weighted by Gasteiger charge is -2.38. The standard InChI is InChI=1S/C15H14N8O2/c24-11-2-1-3-17-14(11)21-15(25)10-5-22(6-10)12-4-13(19-8-18-12)23-9-16-7-20-23/h1-4,7-10,24H,5-6H2,(H,17,21,25). The molecule has 0 radical (unpaired) electrons. The number of aromatic hydroxyl groups is 1. The van der Waals surface area contributed by atoms with Gasteiger partial charge in [0.15, 0.2) is 17.4 Å². The summed E-state index contributed by atoms with van der Waals surface area (Å²) >= 11 is 0. The number of rotatable bonds is 4. The lowest BCUT2D eigenvalue weighted by atomic mass is 9.99. The Morgan fingerprint density at radius 1 is 1.20 bits per heavy atom. The van der Waals surface area contributed by atoms with E-state index in [-0.39, 0.29) is 23.4 Å². The number of hydrogen-bond donors (Lipinski definition) is 2. The van der Waals surface area contributed by atoms with E-state index in [0.29, 0.717) is 24.7 Å². The summed E-state index contributed by atoms with van der Waals surface area (Å²) in [5.74, 6) is 1.04. The zero-order chi connectivity index (χ0) is 17.2. The molecule has 0 spiro atoms. The number of aromatic nitrogens is 6. The van der Waals surface area contributed by atoms with Crippen molar-refractivity contribution < 1.29 is 9.90 Å². The van der Waals surface area contributed by atoms with Crippen LogP contribution < -0.4 is 10.2 Å². The molecule has 1 aliphatic heterocycles. The molecule has 1 saturated heterocycles. The molecule has 10 nitrogen and oxygen atoms in total. The van der Waals surface area contributed by atoms with Gasteiger partial charge in [0, 0.05) is 25.4 Å². The average molecular weight is 338 g/mol. The Labute approximate surface area is 142 Å². The molecular formula is C15H14N8O2. The summed E-state index contributed by atoms with van der Waals surface area (Å²) in [4.78, 5) is 30.4. The van der Waals surface area contributed by atoms with Crippen molar-refractivity contribution in [2.24, 2.45) is 5.92 Å². The predicted octanol–water partition coefficient (Wildman–Crippen LogP) is 0.233. The molecule has 0 aliphatic carbocycles. The Kier molecular flexibility index (Phi) is 3.69. The molecule has 1 fully saturated rings. The molecule has 10 heteroatoms. The van der Waals surface area contributed by atoms with Gasteiger partial charge in [0.1, 0.15) is 24.8 Å². The molecule has 1 amide bonds. The van der Waals surface area contributed by atoms with Gasteiger partial charge >= 0.3 is 0 Å². The molecule has 3 aromatic rings. The molecule has 2 N–H and O–H groups in total. The zero-order valence-corrected chi connectivity index (χ0v) is 13.0. The molecule has 126 valence electrons. The van der Waals surface area contributed by atoms with E-state index in [2.05, 4.69) is 30.4 Å². The highest BCUT2D eigenvalue weighted by Gasteiger charge is 2.34. The summed E-state index contributed by atoms with van der Waals surface area (Å²) in [6.07, 6.45) is 5.94. The minimum Gasteiger partial charge on any atom is -0.504 e. The fourth-order valence-electron chi connectivity index (χ4n) is 2.51. The molecule has 25 heavy (non-hydrogen) atoms. The lowest BCUT2D eigenvalue weighted by Crippen LogP contribution is -2.52. The first kappa shape index (κ1) is 15.0. The minimum absolute atomic E-state index is 0.0553. The highest BCUT2D eigenvalue weighted by atomic mass is 16.3. The second-order valence-corrected chi connectivity index (χ2v) is 5.54. The molecular weight excluding hydrogens is 324 g/mol. The van der Waals surface area contributed by atoms with Crippen LogP contribution in [0.1, 0.15) is 0 Å². The van der Waals surface area contributed by atoms with Crippen LogP contribution in [0.15, 0.2) is 43.4 Å². The maximum Gasteiger partial charge on any atom is 0.232 e. The van der Waals surface area contributed by atoms with Gasteiger partial charge in [-0.3, -0.25) is 4.79 Å². The number of amides is 1. The van der Waals surface area contributed by atoms with Gasteiger partial charge in [0.05, 0.1) is 5.92 Å². The van der Waals surface area contributed by atoms with E-state index >= 15 is 0 Å². The van der Waals surface area contributed by atoms with Crippen molar-refractivity contribution in [1.82, 2.24) is 29.7 Å². The van der Waals surface area contributed by atoms with Crippen LogP contribution >= 0.6 is 0 Å². The Bertz CT molecular complexity index is 892. The smallest absolute Gasteiger partial charge is 0.232 e. The van der Waals surface area contributed by atoms with Gasteiger partial charge in [0.2, 0.25) is 5.91 Å². The number of nitrogens with one attached hydrogen (secondary N) is 1. The number of pyridine rings is 1. The van der Waals surface area contributed by atoms with Gasteiger partial charge < -0.3 is 15.3 Å². The number of hydrogen-bond acceptors (Lipinski definition) is 8. The zero-order valence-electron chi connectivity index (χ0n) is 13.0. The van der Waals surface area contributed by atoms with Crippen molar-refractivity contribution in [2.45, 2.75) is 0 Å². The average Bonchev–Trinajstić information content (AvgIpc) is 3.10. The molecule has 0 unspecified atom stereocenters. The van der Waals surface area contributed by atoms with Gasteiger partial charge in [-0.05, 0) is 12.1 Å². The predicted molar refractivity (Wildman–Crippen MR) is 87.2 cm³/mol. The van der Waals surface area contributed by atoms with Crippen LogP contribution in [0.4, 0.5) is 11.6 Å². The Morgan fingerprint density at radius 2 is 2.04 bits per heavy atom. The molecule has 0 bridgehead atoms. The molecule has 3 aromatic heterocycles. The molecule has 0 atom stereocenters. The van der Waals surface area contributed by atoms with Crippen molar-refractivity contribution >= 4 is 17.5 Å². The molecule has 4 rings (SSSR count). The minimum atomic E-state index is -0.203. The third kappa shape index (κ3) is 2.96. The Morgan fingerprint density at radius 3 is 2.80 bits per heavy atom. The molecule has 4 heterocycles. The Balaban J connectivity index is 1.40. The second kappa shape index (κ2) is 6.15. The van der Waals surface area contributed by atoms with Crippen LogP contribution in [0.5, 0.6) is 5.75 Å². The monoisotopic (exact) mass is 338 g/mol. The maximum atomic E-state index is 12.2. The van der Waals surface area contributed by atoms with Crippen LogP contribution in [-0.4, -0.2) is 53.8 Å². The van der Waals surface area contributed by atoms with Crippen molar-refractivity contribution in [1.29, 1.82) is 0 Å². The topological polar surface area (TPSA) is 122 Å². The van der Waals surface area contributed by atoms with Gasteiger partial charge in [-0.2, -0.15) is 5.10 Å². The maximum absolute atomic E-state index is 12.2. The summed E-state index contributed by atoms with van der Waals surface area (Å²) in [6.45, 7) is 1.04. The van der Waals surface area contributed by atoms with Crippen LogP contribution in [0.3, 0.4) is 0 Å². The van der Waals surface area contributed by atoms with Gasteiger partial charge in [-0.15, -0.1) is 0 Å². The quantitative estimate of drug-likeness (QED) is 0.693. The normalized spacial score (nSPS) is 14.2. The van der Waals surface area contributed by atoms with E-state index in [1.54, 1.807) is 23.1 Å². The fourth-order valence-corrected chi connectivity index (χ4v) is 2.51. The second-order valence-electron chi connectivity index (χ2n) is 5.54. The van der Waals surface area contributed by atoms with E-state index in [1.807, 2.05) is 4.90 Å². The highest BCUT2D eigenvalue weighted by Crippen LogP contribution is 2.26. The van der Waals surface area contributed by atoms with Gasteiger partial charge in [-0.1, -0.05) is 0 Å². The SMILES string of the molecule is O=C(Nc1ncccc1O)C1CN(c2cc(-n3cncn3)ncn2)C1. The third-order valence-corrected chi connectivity index (χ3v) is 3.90. The van der Waals surface area contributed by atoms with Crippen molar-refractivity contribution in [3.8, 4) is 11.6 Å². The van der Waals surface area contributed by atoms with Crippen LogP contribution in [-0.2, 0) is 4.79 Å². The largest absolute Gasteiger partial charge is 0.504 e. The summed E-state index contributed by atoms with van der Waals surface area (Å²) in [5, 5.41) is 16.3. The van der Waals surface area contributed by atoms with Crippen LogP contribution in [0.25, 0.3) is 5.82 Å². The summed E-state index contributed by atoms with van der Waals surface area (Å²) < 4.78 is 1.54. The van der Waals surface area contributed by atoms with E-state index in [1.165, 1.54) is 24.9 Å². The van der Waals surface area contributed by atoms with Gasteiger partial charge in [0.25, 0.3) is 0 Å². The van der Waals surface area contributed by atoms with Crippen LogP contribution in [0.2, 0.25) is 0 Å². The molecule has 0 saturated carbocycles. The molecule has 0 aromatic carbocycles. The molecule has 1 aliphatic rings. The fraction of sp³-hybridized carbons (Fsp3) is 0.200. The number of nitrogens with zero attached hydrogens (tertiary/aromatic N) is 7. The highest BCUT2D eigenvalue weighted by molar-refractivity contribution is 5.94. The summed E-state index contributed by atoms with van der Waals surface area (Å²) in [6, 6.07) is 4.85. The number of anilines is 2. The Hall–Kier alpha value is -3.56. The number of carbonyl (C=O) groups is 1. The number of carbonyl (C=O) groups excluding carboxylic acids is 1. The first-order valence-corrected chi connectivity index (χ1v) is 7.57. The van der Waals surface area contributed by atoms with E-state index in [0.717, 1.165) is 0 Å². The van der Waals surface area contributed by atoms with E-state index in [9.17, 15) is 9.90 Å². The van der Waals surface area contributed by atoms with Crippen molar-refractivity contribution in [3.05, 3.63) is 43.4 Å². The van der Waals surface area contributed by atoms with Crippen molar-refractivity contribution in [3.63, 3.8) is 0 Å². The summed E-state index contributed by atoms with van der Waals surface area (Å²) in [5.41, 5.74) is 0. The third-order valence-electron chi connectivity index (χ3n) is 3.90. The van der Waals surface area contributed by atoms with Crippen LogP contribution in [0, 0.1) is 5.92 Å². The van der Waals surface area contributed by atoms with Crippen molar-refractivity contribution in [2.75, 3.05) is 23.3 Å². The van der Waals surface area contributed by atoms with E-state index < -0.39 is 0 Å².